The van der Waals surface area contributed by atoms with Crippen molar-refractivity contribution in [2.45, 2.75) is 29.5 Å². The molecular formula is C13H15F2NO3S2. The molecule has 2 atom stereocenters. The van der Waals surface area contributed by atoms with Crippen molar-refractivity contribution < 1.29 is 22.0 Å². The van der Waals surface area contributed by atoms with Crippen molar-refractivity contribution in [3.8, 4) is 0 Å². The van der Waals surface area contributed by atoms with Crippen LogP contribution in [-0.4, -0.2) is 37.1 Å². The van der Waals surface area contributed by atoms with Gasteiger partial charge in [-0.05, 0) is 31.5 Å². The lowest BCUT2D eigenvalue weighted by Crippen LogP contribution is -2.39. The Bertz CT molecular complexity index is 649. The molecule has 0 unspecified atom stereocenters. The molecule has 2 rings (SSSR count). The highest BCUT2D eigenvalue weighted by Crippen LogP contribution is 2.27. The minimum atomic E-state index is -3.07. The standard InChI is InChI=1S/C13H15F2NO3S2/c1-8(20-12-6-9(14)2-3-11(12)15)13(17)16-10-4-5-21(18,19)7-10/h2-3,6,8,10H,4-5,7H2,1H3,(H,16,17)/t8-,10-/m0/s1. The van der Waals surface area contributed by atoms with Crippen LogP contribution in [0.1, 0.15) is 13.3 Å². The van der Waals surface area contributed by atoms with Crippen LogP contribution in [0, 0.1) is 11.6 Å². The Labute approximate surface area is 126 Å². The SMILES string of the molecule is C[C@H](Sc1cc(F)ccc1F)C(=O)N[C@H]1CCS(=O)(=O)C1. The first-order valence-electron chi connectivity index (χ1n) is 6.39. The molecule has 1 aromatic rings. The van der Waals surface area contributed by atoms with Crippen LogP contribution in [0.5, 0.6) is 0 Å². The zero-order valence-corrected chi connectivity index (χ0v) is 12.9. The fourth-order valence-corrected chi connectivity index (χ4v) is 4.63. The summed E-state index contributed by atoms with van der Waals surface area (Å²) in [6.07, 6.45) is 0.389. The molecule has 0 radical (unpaired) electrons. The number of hydrogen-bond donors (Lipinski definition) is 1. The first-order chi connectivity index (χ1) is 9.77. The number of hydrogen-bond acceptors (Lipinski definition) is 4. The maximum atomic E-state index is 13.5. The van der Waals surface area contributed by atoms with Crippen molar-refractivity contribution in [3.05, 3.63) is 29.8 Å². The van der Waals surface area contributed by atoms with Gasteiger partial charge in [-0.1, -0.05) is 0 Å². The molecular weight excluding hydrogens is 320 g/mol. The molecule has 8 heteroatoms. The number of carbonyl (C=O) groups excluding carboxylic acids is 1. The van der Waals surface area contributed by atoms with Gasteiger partial charge in [0.2, 0.25) is 5.91 Å². The van der Waals surface area contributed by atoms with Crippen LogP contribution in [0.3, 0.4) is 0 Å². The van der Waals surface area contributed by atoms with Crippen LogP contribution in [-0.2, 0) is 14.6 Å². The second-order valence-corrected chi connectivity index (χ2v) is 8.55. The summed E-state index contributed by atoms with van der Waals surface area (Å²) in [5, 5.41) is 1.98. The number of benzene rings is 1. The van der Waals surface area contributed by atoms with E-state index in [-0.39, 0.29) is 22.3 Å². The Kier molecular flexibility index (Phi) is 4.88. The fraction of sp³-hybridized carbons (Fsp3) is 0.462. The Hall–Kier alpha value is -1.15. The predicted octanol–water partition coefficient (Wildman–Crippen LogP) is 1.75. The molecule has 0 spiro atoms. The summed E-state index contributed by atoms with van der Waals surface area (Å²) < 4.78 is 49.2. The van der Waals surface area contributed by atoms with Crippen LogP contribution < -0.4 is 5.32 Å². The zero-order valence-electron chi connectivity index (χ0n) is 11.3. The number of sulfone groups is 1. The van der Waals surface area contributed by atoms with Gasteiger partial charge in [0.25, 0.3) is 0 Å². The molecule has 1 saturated heterocycles. The van der Waals surface area contributed by atoms with E-state index >= 15 is 0 Å². The number of amides is 1. The van der Waals surface area contributed by atoms with Gasteiger partial charge in [-0.3, -0.25) is 4.79 Å². The van der Waals surface area contributed by atoms with E-state index in [0.717, 1.165) is 30.0 Å². The Morgan fingerprint density at radius 2 is 2.14 bits per heavy atom. The number of carbonyl (C=O) groups is 1. The average molecular weight is 335 g/mol. The number of halogens is 2. The molecule has 116 valence electrons. The smallest absolute Gasteiger partial charge is 0.233 e. The van der Waals surface area contributed by atoms with E-state index in [1.54, 1.807) is 6.92 Å². The molecule has 0 aliphatic carbocycles. The van der Waals surface area contributed by atoms with Crippen molar-refractivity contribution in [3.63, 3.8) is 0 Å². The van der Waals surface area contributed by atoms with Crippen LogP contribution in [0.25, 0.3) is 0 Å². The highest BCUT2D eigenvalue weighted by atomic mass is 32.2. The average Bonchev–Trinajstić information content (AvgIpc) is 2.73. The third kappa shape index (κ3) is 4.41. The predicted molar refractivity (Wildman–Crippen MR) is 76.9 cm³/mol. The Balaban J connectivity index is 1.95. The zero-order chi connectivity index (χ0) is 15.6. The van der Waals surface area contributed by atoms with E-state index in [0.29, 0.717) is 6.42 Å². The number of rotatable bonds is 4. The molecule has 1 aliphatic rings. The van der Waals surface area contributed by atoms with Gasteiger partial charge in [-0.15, -0.1) is 11.8 Å². The van der Waals surface area contributed by atoms with Gasteiger partial charge in [-0.2, -0.15) is 0 Å². The van der Waals surface area contributed by atoms with Gasteiger partial charge < -0.3 is 5.32 Å². The lowest BCUT2D eigenvalue weighted by molar-refractivity contribution is -0.120. The van der Waals surface area contributed by atoms with Crippen LogP contribution in [0.15, 0.2) is 23.1 Å². The van der Waals surface area contributed by atoms with E-state index in [1.165, 1.54) is 0 Å². The van der Waals surface area contributed by atoms with Crippen molar-refractivity contribution in [2.24, 2.45) is 0 Å². The van der Waals surface area contributed by atoms with Crippen LogP contribution >= 0.6 is 11.8 Å². The van der Waals surface area contributed by atoms with E-state index in [4.69, 9.17) is 0 Å². The van der Waals surface area contributed by atoms with Crippen molar-refractivity contribution in [1.29, 1.82) is 0 Å². The van der Waals surface area contributed by atoms with Crippen LogP contribution in [0.2, 0.25) is 0 Å². The third-order valence-electron chi connectivity index (χ3n) is 3.15. The van der Waals surface area contributed by atoms with Gasteiger partial charge in [0.15, 0.2) is 9.84 Å². The Morgan fingerprint density at radius 1 is 1.43 bits per heavy atom. The molecule has 1 aliphatic heterocycles. The first-order valence-corrected chi connectivity index (χ1v) is 9.09. The van der Waals surface area contributed by atoms with Crippen molar-refractivity contribution in [1.82, 2.24) is 5.32 Å². The van der Waals surface area contributed by atoms with Gasteiger partial charge in [0.1, 0.15) is 11.6 Å². The number of thioether (sulfide) groups is 1. The lowest BCUT2D eigenvalue weighted by atomic mass is 10.2. The molecule has 1 heterocycles. The highest BCUT2D eigenvalue weighted by Gasteiger charge is 2.30. The minimum Gasteiger partial charge on any atom is -0.351 e. The monoisotopic (exact) mass is 335 g/mol. The summed E-state index contributed by atoms with van der Waals surface area (Å²) in [5.74, 6) is -1.55. The molecule has 1 N–H and O–H groups in total. The summed E-state index contributed by atoms with van der Waals surface area (Å²) in [4.78, 5) is 12.0. The van der Waals surface area contributed by atoms with Crippen molar-refractivity contribution >= 4 is 27.5 Å². The topological polar surface area (TPSA) is 63.2 Å². The third-order valence-corrected chi connectivity index (χ3v) is 6.05. The lowest BCUT2D eigenvalue weighted by Gasteiger charge is -2.16. The van der Waals surface area contributed by atoms with Gasteiger partial charge in [0.05, 0.1) is 16.8 Å². The molecule has 1 fully saturated rings. The molecule has 21 heavy (non-hydrogen) atoms. The second-order valence-electron chi connectivity index (χ2n) is 4.94. The van der Waals surface area contributed by atoms with Crippen LogP contribution in [0.4, 0.5) is 8.78 Å². The second kappa shape index (κ2) is 6.31. The number of nitrogens with one attached hydrogen (secondary N) is 1. The summed E-state index contributed by atoms with van der Waals surface area (Å²) in [5.41, 5.74) is 0. The quantitative estimate of drug-likeness (QED) is 0.852. The fourth-order valence-electron chi connectivity index (χ4n) is 2.04. The molecule has 0 bridgehead atoms. The summed E-state index contributed by atoms with van der Waals surface area (Å²) >= 11 is 0.899. The molecule has 0 saturated carbocycles. The van der Waals surface area contributed by atoms with E-state index in [1.807, 2.05) is 0 Å². The summed E-state index contributed by atoms with van der Waals surface area (Å²) in [7, 11) is -3.07. The van der Waals surface area contributed by atoms with E-state index in [9.17, 15) is 22.0 Å². The summed E-state index contributed by atoms with van der Waals surface area (Å²) in [6, 6.07) is 2.64. The highest BCUT2D eigenvalue weighted by molar-refractivity contribution is 8.00. The Morgan fingerprint density at radius 3 is 2.76 bits per heavy atom. The maximum absolute atomic E-state index is 13.5. The van der Waals surface area contributed by atoms with Gasteiger partial charge in [0, 0.05) is 10.9 Å². The van der Waals surface area contributed by atoms with Gasteiger partial charge >= 0.3 is 0 Å². The van der Waals surface area contributed by atoms with Gasteiger partial charge in [-0.25, -0.2) is 17.2 Å². The molecule has 1 amide bonds. The summed E-state index contributed by atoms with van der Waals surface area (Å²) in [6.45, 7) is 1.56. The normalized spacial score (nSPS) is 22.0. The maximum Gasteiger partial charge on any atom is 0.233 e. The van der Waals surface area contributed by atoms with Crippen molar-refractivity contribution in [2.75, 3.05) is 11.5 Å². The largest absolute Gasteiger partial charge is 0.351 e. The van der Waals surface area contributed by atoms with E-state index < -0.39 is 32.8 Å². The first kappa shape index (κ1) is 16.2. The molecule has 4 nitrogen and oxygen atoms in total. The molecule has 1 aromatic carbocycles. The molecule has 0 aromatic heterocycles. The minimum absolute atomic E-state index is 0.0525. The van der Waals surface area contributed by atoms with E-state index in [2.05, 4.69) is 5.32 Å².